The van der Waals surface area contributed by atoms with E-state index in [1.54, 1.807) is 0 Å². The fourth-order valence-corrected chi connectivity index (χ4v) is 4.05. The Morgan fingerprint density at radius 1 is 1.00 bits per heavy atom. The molecule has 0 radical (unpaired) electrons. The summed E-state index contributed by atoms with van der Waals surface area (Å²) in [5.41, 5.74) is 3.64. The maximum atomic E-state index is 12.8. The second kappa shape index (κ2) is 7.07. The van der Waals surface area contributed by atoms with Gasteiger partial charge in [-0.05, 0) is 37.4 Å². The molecule has 1 N–H and O–H groups in total. The number of hydrogen-bond donors (Lipinski definition) is 1. The predicted molar refractivity (Wildman–Crippen MR) is 110 cm³/mol. The van der Waals surface area contributed by atoms with Crippen molar-refractivity contribution >= 4 is 33.7 Å². The third kappa shape index (κ3) is 3.10. The van der Waals surface area contributed by atoms with E-state index in [1.165, 1.54) is 0 Å². The highest BCUT2D eigenvalue weighted by atomic mass is 16.5. The Balaban J connectivity index is 1.47. The first-order valence-corrected chi connectivity index (χ1v) is 9.92. The second-order valence-corrected chi connectivity index (χ2v) is 7.65. The van der Waals surface area contributed by atoms with E-state index in [-0.39, 0.29) is 5.91 Å². The van der Waals surface area contributed by atoms with Crippen molar-refractivity contribution in [2.75, 3.05) is 64.4 Å². The summed E-state index contributed by atoms with van der Waals surface area (Å²) < 4.78 is 5.35. The van der Waals surface area contributed by atoms with Crippen LogP contribution in [0.5, 0.6) is 0 Å². The number of hydrogen-bond acceptors (Lipinski definition) is 5. The third-order valence-electron chi connectivity index (χ3n) is 5.80. The van der Waals surface area contributed by atoms with Crippen LogP contribution in [-0.2, 0) is 4.74 Å². The number of ether oxygens (including phenoxy) is 1. The SMILES string of the molecule is CN1CCN(c2ccc3[nH]c4cc(C(=O)N5CCOCC5)ccc4c3n2)CC1. The smallest absolute Gasteiger partial charge is 0.254 e. The molecule has 7 nitrogen and oxygen atoms in total. The number of benzene rings is 1. The summed E-state index contributed by atoms with van der Waals surface area (Å²) in [6.45, 7) is 6.63. The quantitative estimate of drug-likeness (QED) is 0.737. The molecule has 1 aromatic carbocycles. The summed E-state index contributed by atoms with van der Waals surface area (Å²) in [5, 5.41) is 1.06. The molecule has 2 aliphatic heterocycles. The first kappa shape index (κ1) is 17.5. The van der Waals surface area contributed by atoms with E-state index in [1.807, 2.05) is 23.1 Å². The number of rotatable bonds is 2. The minimum absolute atomic E-state index is 0.0648. The highest BCUT2D eigenvalue weighted by Gasteiger charge is 2.20. The summed E-state index contributed by atoms with van der Waals surface area (Å²) in [5.74, 6) is 1.09. The normalized spacial score (nSPS) is 18.9. The third-order valence-corrected chi connectivity index (χ3v) is 5.80. The van der Waals surface area contributed by atoms with E-state index >= 15 is 0 Å². The van der Waals surface area contributed by atoms with Gasteiger partial charge in [-0.15, -0.1) is 0 Å². The molecule has 0 saturated carbocycles. The average Bonchev–Trinajstić information content (AvgIpc) is 3.11. The lowest BCUT2D eigenvalue weighted by atomic mass is 10.1. The molecule has 0 bridgehead atoms. The number of pyridine rings is 1. The average molecular weight is 379 g/mol. The van der Waals surface area contributed by atoms with E-state index in [0.29, 0.717) is 31.9 Å². The Morgan fingerprint density at radius 2 is 1.79 bits per heavy atom. The largest absolute Gasteiger partial charge is 0.378 e. The first-order valence-electron chi connectivity index (χ1n) is 9.92. The van der Waals surface area contributed by atoms with Crippen molar-refractivity contribution in [3.05, 3.63) is 35.9 Å². The van der Waals surface area contributed by atoms with Gasteiger partial charge in [0.2, 0.25) is 0 Å². The number of likely N-dealkylation sites (N-methyl/N-ethyl adjacent to an activating group) is 1. The number of aromatic amines is 1. The van der Waals surface area contributed by atoms with Crippen molar-refractivity contribution in [3.8, 4) is 0 Å². The van der Waals surface area contributed by atoms with Crippen molar-refractivity contribution in [3.63, 3.8) is 0 Å². The second-order valence-electron chi connectivity index (χ2n) is 7.65. The van der Waals surface area contributed by atoms with Crippen LogP contribution in [0.4, 0.5) is 5.82 Å². The molecular formula is C21H25N5O2. The lowest BCUT2D eigenvalue weighted by Gasteiger charge is -2.33. The number of aromatic nitrogens is 2. The van der Waals surface area contributed by atoms with Crippen LogP contribution in [-0.4, -0.2) is 85.2 Å². The van der Waals surface area contributed by atoms with Gasteiger partial charge >= 0.3 is 0 Å². The molecule has 2 aliphatic rings. The molecule has 28 heavy (non-hydrogen) atoms. The summed E-state index contributed by atoms with van der Waals surface area (Å²) in [6, 6.07) is 10.1. The van der Waals surface area contributed by atoms with Gasteiger partial charge in [0.25, 0.3) is 5.91 Å². The minimum Gasteiger partial charge on any atom is -0.378 e. The number of morpholine rings is 1. The number of anilines is 1. The lowest BCUT2D eigenvalue weighted by Crippen LogP contribution is -2.44. The van der Waals surface area contributed by atoms with E-state index in [2.05, 4.69) is 34.0 Å². The van der Waals surface area contributed by atoms with Gasteiger partial charge < -0.3 is 24.4 Å². The molecule has 7 heteroatoms. The van der Waals surface area contributed by atoms with Crippen LogP contribution >= 0.6 is 0 Å². The van der Waals surface area contributed by atoms with Crippen molar-refractivity contribution in [1.29, 1.82) is 0 Å². The maximum absolute atomic E-state index is 12.8. The molecule has 4 heterocycles. The van der Waals surface area contributed by atoms with Gasteiger partial charge in [-0.25, -0.2) is 4.98 Å². The highest BCUT2D eigenvalue weighted by molar-refractivity contribution is 6.08. The molecule has 0 aliphatic carbocycles. The molecule has 5 rings (SSSR count). The van der Waals surface area contributed by atoms with Crippen LogP contribution in [0.25, 0.3) is 21.9 Å². The minimum atomic E-state index is 0.0648. The highest BCUT2D eigenvalue weighted by Crippen LogP contribution is 2.27. The standard InChI is InChI=1S/C21H25N5O2/c1-24-6-8-25(9-7-24)19-5-4-17-20(23-19)16-3-2-15(14-18(16)22-17)21(27)26-10-12-28-13-11-26/h2-5,14,22H,6-13H2,1H3. The molecule has 0 spiro atoms. The summed E-state index contributed by atoms with van der Waals surface area (Å²) >= 11 is 0. The predicted octanol–water partition coefficient (Wildman–Crippen LogP) is 1.94. The number of piperazine rings is 1. The van der Waals surface area contributed by atoms with Crippen LogP contribution < -0.4 is 4.90 Å². The number of nitrogens with one attached hydrogen (secondary N) is 1. The Bertz CT molecular complexity index is 1020. The Morgan fingerprint density at radius 3 is 2.57 bits per heavy atom. The van der Waals surface area contributed by atoms with Crippen LogP contribution in [0.3, 0.4) is 0 Å². The van der Waals surface area contributed by atoms with Gasteiger partial charge in [0.15, 0.2) is 0 Å². The monoisotopic (exact) mass is 379 g/mol. The summed E-state index contributed by atoms with van der Waals surface area (Å²) in [6.07, 6.45) is 0. The molecule has 2 saturated heterocycles. The fourth-order valence-electron chi connectivity index (χ4n) is 4.05. The lowest BCUT2D eigenvalue weighted by molar-refractivity contribution is 0.0303. The zero-order chi connectivity index (χ0) is 19.1. The van der Waals surface area contributed by atoms with Crippen LogP contribution in [0, 0.1) is 0 Å². The van der Waals surface area contributed by atoms with Crippen LogP contribution in [0.2, 0.25) is 0 Å². The van der Waals surface area contributed by atoms with Gasteiger partial charge in [0, 0.05) is 55.7 Å². The maximum Gasteiger partial charge on any atom is 0.254 e. The van der Waals surface area contributed by atoms with Gasteiger partial charge in [-0.3, -0.25) is 4.79 Å². The number of nitrogens with zero attached hydrogens (tertiary/aromatic N) is 4. The molecule has 2 aromatic heterocycles. The van der Waals surface area contributed by atoms with E-state index in [4.69, 9.17) is 9.72 Å². The number of carbonyl (C=O) groups is 1. The summed E-state index contributed by atoms with van der Waals surface area (Å²) in [4.78, 5) is 27.7. The summed E-state index contributed by atoms with van der Waals surface area (Å²) in [7, 11) is 2.16. The van der Waals surface area contributed by atoms with Crippen molar-refractivity contribution in [1.82, 2.24) is 19.8 Å². The zero-order valence-corrected chi connectivity index (χ0v) is 16.1. The number of H-pyrrole nitrogens is 1. The molecule has 0 atom stereocenters. The van der Waals surface area contributed by atoms with E-state index in [0.717, 1.165) is 53.9 Å². The van der Waals surface area contributed by atoms with Gasteiger partial charge in [-0.1, -0.05) is 0 Å². The van der Waals surface area contributed by atoms with Gasteiger partial charge in [0.1, 0.15) is 5.82 Å². The zero-order valence-electron chi connectivity index (χ0n) is 16.1. The Labute approximate surface area is 163 Å². The van der Waals surface area contributed by atoms with Gasteiger partial charge in [0.05, 0.1) is 24.2 Å². The number of carbonyl (C=O) groups excluding carboxylic acids is 1. The Hall–Kier alpha value is -2.64. The van der Waals surface area contributed by atoms with E-state index < -0.39 is 0 Å². The molecular weight excluding hydrogens is 354 g/mol. The fraction of sp³-hybridized carbons (Fsp3) is 0.429. The van der Waals surface area contributed by atoms with Crippen LogP contribution in [0.1, 0.15) is 10.4 Å². The molecule has 146 valence electrons. The molecule has 0 unspecified atom stereocenters. The first-order chi connectivity index (χ1) is 13.7. The number of fused-ring (bicyclic) bond motifs is 3. The van der Waals surface area contributed by atoms with Crippen LogP contribution in [0.15, 0.2) is 30.3 Å². The van der Waals surface area contributed by atoms with E-state index in [9.17, 15) is 4.79 Å². The molecule has 2 fully saturated rings. The van der Waals surface area contributed by atoms with Crippen molar-refractivity contribution < 1.29 is 9.53 Å². The topological polar surface area (TPSA) is 64.7 Å². The number of amides is 1. The van der Waals surface area contributed by atoms with Crippen molar-refractivity contribution in [2.45, 2.75) is 0 Å². The molecule has 3 aromatic rings. The van der Waals surface area contributed by atoms with Crippen molar-refractivity contribution in [2.24, 2.45) is 0 Å². The van der Waals surface area contributed by atoms with Gasteiger partial charge in [-0.2, -0.15) is 0 Å². The Kier molecular flexibility index (Phi) is 4.41. The molecule has 1 amide bonds.